The Labute approximate surface area is 114 Å². The molecule has 0 spiro atoms. The summed E-state index contributed by atoms with van der Waals surface area (Å²) in [4.78, 5) is 12.0. The predicted octanol–water partition coefficient (Wildman–Crippen LogP) is 4.03. The van der Waals surface area contributed by atoms with E-state index in [4.69, 9.17) is 23.2 Å². The van der Waals surface area contributed by atoms with Crippen LogP contribution in [0, 0.1) is 0 Å². The summed E-state index contributed by atoms with van der Waals surface area (Å²) in [6.45, 7) is 0. The summed E-state index contributed by atoms with van der Waals surface area (Å²) in [6, 6.07) is 12.8. The number of halogens is 2. The maximum absolute atomic E-state index is 12.0. The summed E-state index contributed by atoms with van der Waals surface area (Å²) in [7, 11) is 0. The second-order valence-corrected chi connectivity index (χ2v) is 4.42. The lowest BCUT2D eigenvalue weighted by Gasteiger charge is -2.16. The maximum Gasteiger partial charge on any atom is 0.282 e. The van der Waals surface area contributed by atoms with Crippen LogP contribution in [0.1, 0.15) is 10.4 Å². The Balaban J connectivity index is 2.29. The molecule has 1 N–H and O–H groups in total. The van der Waals surface area contributed by atoms with E-state index in [9.17, 15) is 10.0 Å². The molecule has 0 unspecified atom stereocenters. The van der Waals surface area contributed by atoms with Crippen molar-refractivity contribution in [3.05, 3.63) is 64.1 Å². The third kappa shape index (κ3) is 2.64. The first-order chi connectivity index (χ1) is 8.59. The van der Waals surface area contributed by atoms with E-state index >= 15 is 0 Å². The van der Waals surface area contributed by atoms with Crippen LogP contribution in [-0.4, -0.2) is 11.1 Å². The van der Waals surface area contributed by atoms with Crippen molar-refractivity contribution in [2.75, 3.05) is 5.06 Å². The first kappa shape index (κ1) is 12.9. The predicted molar refractivity (Wildman–Crippen MR) is 71.5 cm³/mol. The number of benzene rings is 2. The molecule has 0 aromatic heterocycles. The fraction of sp³-hybridized carbons (Fsp3) is 0. The van der Waals surface area contributed by atoms with E-state index in [0.717, 1.165) is 0 Å². The fourth-order valence-electron chi connectivity index (χ4n) is 1.45. The third-order valence-corrected chi connectivity index (χ3v) is 2.94. The largest absolute Gasteiger partial charge is 0.282 e. The summed E-state index contributed by atoms with van der Waals surface area (Å²) in [5, 5.41) is 11.2. The number of nitrogens with zero attached hydrogens (tertiary/aromatic N) is 1. The minimum atomic E-state index is -0.570. The van der Waals surface area contributed by atoms with Crippen LogP contribution in [0.15, 0.2) is 48.5 Å². The highest BCUT2D eigenvalue weighted by Gasteiger charge is 2.17. The molecule has 18 heavy (non-hydrogen) atoms. The molecule has 5 heteroatoms. The highest BCUT2D eigenvalue weighted by molar-refractivity contribution is 6.34. The van der Waals surface area contributed by atoms with Gasteiger partial charge in [-0.1, -0.05) is 35.3 Å². The molecule has 0 saturated heterocycles. The molecule has 3 nitrogen and oxygen atoms in total. The first-order valence-corrected chi connectivity index (χ1v) is 5.88. The molecule has 0 heterocycles. The summed E-state index contributed by atoms with van der Waals surface area (Å²) in [5.74, 6) is -0.570. The monoisotopic (exact) mass is 281 g/mol. The second-order valence-electron chi connectivity index (χ2n) is 3.58. The van der Waals surface area contributed by atoms with Gasteiger partial charge in [-0.15, -0.1) is 0 Å². The normalized spacial score (nSPS) is 10.2. The lowest BCUT2D eigenvalue weighted by atomic mass is 10.2. The topological polar surface area (TPSA) is 40.5 Å². The average molecular weight is 282 g/mol. The Morgan fingerprint density at radius 3 is 2.22 bits per heavy atom. The van der Waals surface area contributed by atoms with Gasteiger partial charge in [-0.3, -0.25) is 10.0 Å². The zero-order valence-corrected chi connectivity index (χ0v) is 10.7. The smallest absolute Gasteiger partial charge is 0.281 e. The van der Waals surface area contributed by atoms with Gasteiger partial charge in [0, 0.05) is 10.6 Å². The molecule has 0 radical (unpaired) electrons. The number of carbonyl (C=O) groups is 1. The molecular formula is C13H9Cl2NO2. The molecule has 2 rings (SSSR count). The van der Waals surface area contributed by atoms with Crippen molar-refractivity contribution in [3.8, 4) is 0 Å². The van der Waals surface area contributed by atoms with Crippen LogP contribution < -0.4 is 5.06 Å². The van der Waals surface area contributed by atoms with Crippen molar-refractivity contribution in [1.82, 2.24) is 0 Å². The van der Waals surface area contributed by atoms with Gasteiger partial charge in [0.1, 0.15) is 0 Å². The SMILES string of the molecule is O=C(c1ccc(Cl)cc1)N(O)c1ccccc1Cl. The van der Waals surface area contributed by atoms with E-state index in [2.05, 4.69) is 0 Å². The van der Waals surface area contributed by atoms with Gasteiger partial charge in [-0.05, 0) is 36.4 Å². The zero-order valence-electron chi connectivity index (χ0n) is 9.18. The van der Waals surface area contributed by atoms with E-state index in [-0.39, 0.29) is 5.69 Å². The highest BCUT2D eigenvalue weighted by atomic mass is 35.5. The highest BCUT2D eigenvalue weighted by Crippen LogP contribution is 2.25. The van der Waals surface area contributed by atoms with Crippen LogP contribution in [0.25, 0.3) is 0 Å². The number of hydroxylamine groups is 1. The Morgan fingerprint density at radius 1 is 1.00 bits per heavy atom. The van der Waals surface area contributed by atoms with Gasteiger partial charge < -0.3 is 0 Å². The lowest BCUT2D eigenvalue weighted by molar-refractivity contribution is 0.0855. The molecule has 0 aliphatic carbocycles. The van der Waals surface area contributed by atoms with Crippen molar-refractivity contribution in [3.63, 3.8) is 0 Å². The van der Waals surface area contributed by atoms with Gasteiger partial charge in [0.05, 0.1) is 10.7 Å². The lowest BCUT2D eigenvalue weighted by Crippen LogP contribution is -2.27. The molecule has 92 valence electrons. The third-order valence-electron chi connectivity index (χ3n) is 2.36. The number of amides is 1. The average Bonchev–Trinajstić information content (AvgIpc) is 2.38. The van der Waals surface area contributed by atoms with Crippen LogP contribution in [0.2, 0.25) is 10.0 Å². The van der Waals surface area contributed by atoms with E-state index in [1.807, 2.05) is 0 Å². The zero-order chi connectivity index (χ0) is 13.1. The molecule has 0 atom stereocenters. The number of para-hydroxylation sites is 1. The van der Waals surface area contributed by atoms with Crippen LogP contribution in [0.4, 0.5) is 5.69 Å². The minimum Gasteiger partial charge on any atom is -0.281 e. The number of carbonyl (C=O) groups excluding carboxylic acids is 1. The Bertz CT molecular complexity index is 569. The molecule has 2 aromatic rings. The number of hydrogen-bond acceptors (Lipinski definition) is 2. The summed E-state index contributed by atoms with van der Waals surface area (Å²) >= 11 is 11.6. The van der Waals surface area contributed by atoms with Crippen molar-refractivity contribution >= 4 is 34.8 Å². The standard InChI is InChI=1S/C13H9Cl2NO2/c14-10-7-5-9(6-8-10)13(17)16(18)12-4-2-1-3-11(12)15/h1-8,18H. The fourth-order valence-corrected chi connectivity index (χ4v) is 1.79. The number of anilines is 1. The molecule has 0 fully saturated rings. The molecule has 0 aliphatic rings. The van der Waals surface area contributed by atoms with Gasteiger partial charge in [0.2, 0.25) is 0 Å². The van der Waals surface area contributed by atoms with Gasteiger partial charge in [0.15, 0.2) is 0 Å². The maximum atomic E-state index is 12.0. The Morgan fingerprint density at radius 2 is 1.61 bits per heavy atom. The van der Waals surface area contributed by atoms with E-state index in [0.29, 0.717) is 20.7 Å². The summed E-state index contributed by atoms with van der Waals surface area (Å²) in [5.41, 5.74) is 0.556. The number of rotatable bonds is 2. The summed E-state index contributed by atoms with van der Waals surface area (Å²) < 4.78 is 0. The van der Waals surface area contributed by atoms with Crippen molar-refractivity contribution in [1.29, 1.82) is 0 Å². The van der Waals surface area contributed by atoms with Crippen molar-refractivity contribution < 1.29 is 10.0 Å². The number of hydrogen-bond donors (Lipinski definition) is 1. The van der Waals surface area contributed by atoms with Crippen LogP contribution >= 0.6 is 23.2 Å². The van der Waals surface area contributed by atoms with Gasteiger partial charge >= 0.3 is 0 Å². The van der Waals surface area contributed by atoms with Crippen LogP contribution in [-0.2, 0) is 0 Å². The summed E-state index contributed by atoms with van der Waals surface area (Å²) in [6.07, 6.45) is 0. The quantitative estimate of drug-likeness (QED) is 0.667. The van der Waals surface area contributed by atoms with Gasteiger partial charge in [-0.25, -0.2) is 0 Å². The molecular weight excluding hydrogens is 273 g/mol. The Hall–Kier alpha value is -1.55. The molecule has 0 saturated carbocycles. The van der Waals surface area contributed by atoms with Crippen LogP contribution in [0.3, 0.4) is 0 Å². The molecule has 0 bridgehead atoms. The van der Waals surface area contributed by atoms with Gasteiger partial charge in [0.25, 0.3) is 5.91 Å². The van der Waals surface area contributed by atoms with E-state index < -0.39 is 5.91 Å². The molecule has 0 aliphatic heterocycles. The molecule has 2 aromatic carbocycles. The van der Waals surface area contributed by atoms with E-state index in [1.54, 1.807) is 36.4 Å². The van der Waals surface area contributed by atoms with Crippen molar-refractivity contribution in [2.24, 2.45) is 0 Å². The first-order valence-electron chi connectivity index (χ1n) is 5.13. The van der Waals surface area contributed by atoms with Crippen LogP contribution in [0.5, 0.6) is 0 Å². The van der Waals surface area contributed by atoms with Gasteiger partial charge in [-0.2, -0.15) is 5.06 Å². The van der Waals surface area contributed by atoms with Crippen molar-refractivity contribution in [2.45, 2.75) is 0 Å². The molecule has 1 amide bonds. The second kappa shape index (κ2) is 5.40. The Kier molecular flexibility index (Phi) is 3.87. The van der Waals surface area contributed by atoms with E-state index in [1.165, 1.54) is 12.1 Å². The minimum absolute atomic E-state index is 0.235.